The first kappa shape index (κ1) is 17.6. The number of esters is 1. The molecule has 5 nitrogen and oxygen atoms in total. The molecule has 1 N–H and O–H groups in total. The minimum Gasteiger partial charge on any atom is -0.467 e. The van der Waals surface area contributed by atoms with Crippen molar-refractivity contribution in [2.45, 2.75) is 32.2 Å². The number of hydrogen-bond acceptors (Lipinski definition) is 4. The number of ketones is 1. The molecule has 1 amide bonds. The topological polar surface area (TPSA) is 72.5 Å². The van der Waals surface area contributed by atoms with Gasteiger partial charge in [-0.3, -0.25) is 9.59 Å². The molecule has 0 aliphatic carbocycles. The summed E-state index contributed by atoms with van der Waals surface area (Å²) in [5.41, 5.74) is -0.728. The number of methoxy groups -OCH3 is 1. The van der Waals surface area contributed by atoms with E-state index >= 15 is 0 Å². The fraction of sp³-hybridized carbons (Fsp3) is 0.353. The summed E-state index contributed by atoms with van der Waals surface area (Å²) < 4.78 is 4.73. The van der Waals surface area contributed by atoms with Crippen molar-refractivity contribution in [2.24, 2.45) is 0 Å². The van der Waals surface area contributed by atoms with Crippen LogP contribution in [0.15, 0.2) is 36.4 Å². The van der Waals surface area contributed by atoms with E-state index in [0.717, 1.165) is 5.56 Å². The van der Waals surface area contributed by atoms with Crippen LogP contribution in [0.5, 0.6) is 0 Å². The number of Topliss-reactive ketones (excluding diaryl/α,β-unsaturated/α-hetero) is 1. The highest BCUT2D eigenvalue weighted by Crippen LogP contribution is 2.18. The maximum absolute atomic E-state index is 12.3. The fourth-order valence-electron chi connectivity index (χ4n) is 2.20. The monoisotopic (exact) mass is 303 g/mol. The first-order valence-electron chi connectivity index (χ1n) is 7.08. The van der Waals surface area contributed by atoms with E-state index in [-0.39, 0.29) is 18.6 Å². The number of carbonyl (C=O) groups excluding carboxylic acids is 3. The van der Waals surface area contributed by atoms with Crippen LogP contribution in [0.1, 0.15) is 32.3 Å². The van der Waals surface area contributed by atoms with E-state index in [1.807, 2.05) is 30.3 Å². The quantitative estimate of drug-likeness (QED) is 0.618. The summed E-state index contributed by atoms with van der Waals surface area (Å²) in [7, 11) is 1.20. The lowest BCUT2D eigenvalue weighted by Gasteiger charge is -2.28. The maximum Gasteiger partial charge on any atom is 0.339 e. The average Bonchev–Trinajstić information content (AvgIpc) is 2.52. The molecule has 118 valence electrons. The molecule has 0 aliphatic heterocycles. The van der Waals surface area contributed by atoms with Crippen molar-refractivity contribution >= 4 is 23.7 Å². The Morgan fingerprint density at radius 1 is 1.23 bits per heavy atom. The minimum absolute atomic E-state index is 0.0425. The Hall–Kier alpha value is -2.43. The molecule has 1 aromatic rings. The number of amides is 1. The lowest BCUT2D eigenvalue weighted by atomic mass is 9.87. The zero-order valence-electron chi connectivity index (χ0n) is 13.1. The Morgan fingerprint density at radius 3 is 2.36 bits per heavy atom. The third-order valence-electron chi connectivity index (χ3n) is 3.25. The molecule has 1 rings (SSSR count). The smallest absolute Gasteiger partial charge is 0.339 e. The van der Waals surface area contributed by atoms with Crippen LogP contribution in [0.2, 0.25) is 0 Å². The fourth-order valence-corrected chi connectivity index (χ4v) is 2.20. The van der Waals surface area contributed by atoms with Crippen molar-refractivity contribution in [1.29, 1.82) is 0 Å². The van der Waals surface area contributed by atoms with E-state index in [1.54, 1.807) is 19.1 Å². The van der Waals surface area contributed by atoms with Crippen LogP contribution in [-0.2, 0) is 19.1 Å². The van der Waals surface area contributed by atoms with Gasteiger partial charge in [-0.1, -0.05) is 49.4 Å². The second-order valence-corrected chi connectivity index (χ2v) is 4.87. The van der Waals surface area contributed by atoms with E-state index in [4.69, 9.17) is 4.74 Å². The van der Waals surface area contributed by atoms with E-state index in [1.165, 1.54) is 14.0 Å². The molecule has 0 aliphatic rings. The largest absolute Gasteiger partial charge is 0.467 e. The van der Waals surface area contributed by atoms with E-state index in [9.17, 15) is 14.4 Å². The van der Waals surface area contributed by atoms with Gasteiger partial charge in [0.25, 0.3) is 0 Å². The van der Waals surface area contributed by atoms with Gasteiger partial charge in [-0.25, -0.2) is 4.79 Å². The van der Waals surface area contributed by atoms with E-state index in [0.29, 0.717) is 0 Å². The second kappa shape index (κ2) is 8.12. The third kappa shape index (κ3) is 4.28. The first-order chi connectivity index (χ1) is 10.5. The standard InChI is InChI=1S/C17H21NO4/c1-4-15(20)17(16(21)22-3,18-13(2)19)12-8-11-14-9-6-5-7-10-14/h5-11H,4,12H2,1-3H3,(H,18,19)/b11-8+/t17-/m1/s1. The molecule has 0 heterocycles. The Balaban J connectivity index is 3.07. The summed E-state index contributed by atoms with van der Waals surface area (Å²) in [6, 6.07) is 9.47. The van der Waals surface area contributed by atoms with Crippen molar-refractivity contribution in [3.05, 3.63) is 42.0 Å². The molecule has 0 fully saturated rings. The molecule has 0 aromatic heterocycles. The summed E-state index contributed by atoms with van der Waals surface area (Å²) in [5.74, 6) is -1.60. The van der Waals surface area contributed by atoms with Gasteiger partial charge in [0.15, 0.2) is 5.78 Å². The van der Waals surface area contributed by atoms with Crippen molar-refractivity contribution in [3.63, 3.8) is 0 Å². The van der Waals surface area contributed by atoms with Crippen molar-refractivity contribution in [3.8, 4) is 0 Å². The van der Waals surface area contributed by atoms with Crippen LogP contribution in [-0.4, -0.2) is 30.3 Å². The third-order valence-corrected chi connectivity index (χ3v) is 3.25. The van der Waals surface area contributed by atoms with E-state index < -0.39 is 17.4 Å². The molecule has 0 bridgehead atoms. The van der Waals surface area contributed by atoms with Crippen molar-refractivity contribution < 1.29 is 19.1 Å². The second-order valence-electron chi connectivity index (χ2n) is 4.87. The number of benzene rings is 1. The molecule has 0 spiro atoms. The molecule has 5 heteroatoms. The number of rotatable bonds is 7. The van der Waals surface area contributed by atoms with Gasteiger partial charge in [0.2, 0.25) is 11.4 Å². The SMILES string of the molecule is CCC(=O)[C@@](C/C=C/c1ccccc1)(NC(C)=O)C(=O)OC. The Kier molecular flexibility index (Phi) is 6.50. The molecular formula is C17H21NO4. The van der Waals surface area contributed by atoms with E-state index in [2.05, 4.69) is 5.32 Å². The van der Waals surface area contributed by atoms with Gasteiger partial charge in [0.05, 0.1) is 7.11 Å². The average molecular weight is 303 g/mol. The number of hydrogen-bond donors (Lipinski definition) is 1. The molecule has 0 unspecified atom stereocenters. The summed E-state index contributed by atoms with van der Waals surface area (Å²) in [5, 5.41) is 2.47. The predicted octanol–water partition coefficient (Wildman–Crippen LogP) is 2.12. The molecule has 0 saturated carbocycles. The predicted molar refractivity (Wildman–Crippen MR) is 84.0 cm³/mol. The minimum atomic E-state index is -1.67. The molecule has 0 saturated heterocycles. The van der Waals surface area contributed by atoms with Crippen LogP contribution in [0.3, 0.4) is 0 Å². The maximum atomic E-state index is 12.3. The molecular weight excluding hydrogens is 282 g/mol. The zero-order valence-corrected chi connectivity index (χ0v) is 13.1. The molecule has 22 heavy (non-hydrogen) atoms. The molecule has 1 aromatic carbocycles. The first-order valence-corrected chi connectivity index (χ1v) is 7.08. The van der Waals surface area contributed by atoms with Gasteiger partial charge in [-0.2, -0.15) is 0 Å². The van der Waals surface area contributed by atoms with Crippen molar-refractivity contribution in [1.82, 2.24) is 5.32 Å². The van der Waals surface area contributed by atoms with Crippen LogP contribution in [0, 0.1) is 0 Å². The van der Waals surface area contributed by atoms with Gasteiger partial charge < -0.3 is 10.1 Å². The van der Waals surface area contributed by atoms with Gasteiger partial charge in [0.1, 0.15) is 0 Å². The van der Waals surface area contributed by atoms with Crippen LogP contribution in [0.25, 0.3) is 6.08 Å². The highest BCUT2D eigenvalue weighted by atomic mass is 16.5. The summed E-state index contributed by atoms with van der Waals surface area (Å²) in [6.45, 7) is 2.91. The molecule has 0 radical (unpaired) electrons. The lowest BCUT2D eigenvalue weighted by molar-refractivity contribution is -0.155. The Labute approximate surface area is 130 Å². The number of carbonyl (C=O) groups is 3. The normalized spacial score (nSPS) is 13.4. The van der Waals surface area contributed by atoms with Crippen LogP contribution < -0.4 is 5.32 Å². The lowest BCUT2D eigenvalue weighted by Crippen LogP contribution is -2.59. The number of nitrogens with one attached hydrogen (secondary N) is 1. The summed E-state index contributed by atoms with van der Waals surface area (Å²) in [4.78, 5) is 35.8. The number of ether oxygens (including phenoxy) is 1. The van der Waals surface area contributed by atoms with Gasteiger partial charge >= 0.3 is 5.97 Å². The van der Waals surface area contributed by atoms with Crippen LogP contribution >= 0.6 is 0 Å². The highest BCUT2D eigenvalue weighted by molar-refractivity contribution is 6.11. The summed E-state index contributed by atoms with van der Waals surface area (Å²) in [6.07, 6.45) is 3.65. The van der Waals surface area contributed by atoms with Crippen LogP contribution in [0.4, 0.5) is 0 Å². The van der Waals surface area contributed by atoms with Gasteiger partial charge in [-0.15, -0.1) is 0 Å². The Morgan fingerprint density at radius 2 is 1.86 bits per heavy atom. The zero-order chi connectivity index (χ0) is 16.6. The van der Waals surface area contributed by atoms with Crippen molar-refractivity contribution in [2.75, 3.05) is 7.11 Å². The van der Waals surface area contributed by atoms with Gasteiger partial charge in [-0.05, 0) is 5.56 Å². The highest BCUT2D eigenvalue weighted by Gasteiger charge is 2.45. The molecule has 1 atom stereocenters. The Bertz CT molecular complexity index is 547. The summed E-state index contributed by atoms with van der Waals surface area (Å²) >= 11 is 0. The van der Waals surface area contributed by atoms with Gasteiger partial charge in [0, 0.05) is 19.8 Å².